The standard InChI is InChI=1S/C14H23N5O/c1-4-16-14(20)12-8-15-5-6-19(12)13-7-11(10(2)3)17-9-18-13/h7,9-10,12,15H,4-6,8H2,1-3H3,(H,16,20). The third-order valence-electron chi connectivity index (χ3n) is 3.46. The Morgan fingerprint density at radius 3 is 3.05 bits per heavy atom. The fraction of sp³-hybridized carbons (Fsp3) is 0.643. The summed E-state index contributed by atoms with van der Waals surface area (Å²) in [5.41, 5.74) is 1.00. The zero-order valence-corrected chi connectivity index (χ0v) is 12.4. The molecule has 0 bridgehead atoms. The number of hydrogen-bond donors (Lipinski definition) is 2. The predicted molar refractivity (Wildman–Crippen MR) is 78.8 cm³/mol. The zero-order valence-electron chi connectivity index (χ0n) is 12.4. The molecule has 1 saturated heterocycles. The average Bonchev–Trinajstić information content (AvgIpc) is 2.47. The second-order valence-electron chi connectivity index (χ2n) is 5.26. The van der Waals surface area contributed by atoms with Crippen molar-refractivity contribution in [3.8, 4) is 0 Å². The molecule has 1 aromatic rings. The molecule has 2 heterocycles. The Bertz CT molecular complexity index is 463. The molecule has 0 aromatic carbocycles. The molecule has 20 heavy (non-hydrogen) atoms. The fourth-order valence-electron chi connectivity index (χ4n) is 2.34. The van der Waals surface area contributed by atoms with Crippen LogP contribution in [0.2, 0.25) is 0 Å². The van der Waals surface area contributed by atoms with Crippen molar-refractivity contribution in [2.45, 2.75) is 32.7 Å². The van der Waals surface area contributed by atoms with E-state index in [2.05, 4.69) is 39.3 Å². The number of hydrogen-bond acceptors (Lipinski definition) is 5. The number of anilines is 1. The first-order valence-electron chi connectivity index (χ1n) is 7.20. The van der Waals surface area contributed by atoms with Gasteiger partial charge in [0.25, 0.3) is 0 Å². The van der Waals surface area contributed by atoms with Crippen LogP contribution in [-0.2, 0) is 4.79 Å². The van der Waals surface area contributed by atoms with Crippen LogP contribution in [0.15, 0.2) is 12.4 Å². The van der Waals surface area contributed by atoms with Gasteiger partial charge in [0.1, 0.15) is 18.2 Å². The molecule has 1 unspecified atom stereocenters. The van der Waals surface area contributed by atoms with E-state index >= 15 is 0 Å². The predicted octanol–water partition coefficient (Wildman–Crippen LogP) is 0.514. The lowest BCUT2D eigenvalue weighted by molar-refractivity contribution is -0.122. The molecule has 1 fully saturated rings. The molecule has 0 saturated carbocycles. The van der Waals surface area contributed by atoms with Crippen LogP contribution < -0.4 is 15.5 Å². The van der Waals surface area contributed by atoms with Gasteiger partial charge in [0, 0.05) is 37.9 Å². The molecular weight excluding hydrogens is 254 g/mol. The van der Waals surface area contributed by atoms with Crippen molar-refractivity contribution in [1.82, 2.24) is 20.6 Å². The van der Waals surface area contributed by atoms with E-state index in [0.717, 1.165) is 24.6 Å². The van der Waals surface area contributed by atoms with E-state index in [9.17, 15) is 4.79 Å². The van der Waals surface area contributed by atoms with Gasteiger partial charge in [-0.05, 0) is 12.8 Å². The van der Waals surface area contributed by atoms with E-state index in [4.69, 9.17) is 0 Å². The molecule has 6 nitrogen and oxygen atoms in total. The summed E-state index contributed by atoms with van der Waals surface area (Å²) in [6.07, 6.45) is 1.58. The SMILES string of the molecule is CCNC(=O)C1CNCCN1c1cc(C(C)C)ncn1. The third kappa shape index (κ3) is 3.25. The number of likely N-dealkylation sites (N-methyl/N-ethyl adjacent to an activating group) is 1. The maximum atomic E-state index is 12.2. The Morgan fingerprint density at radius 2 is 2.35 bits per heavy atom. The minimum Gasteiger partial charge on any atom is -0.355 e. The number of aromatic nitrogens is 2. The molecule has 1 aliphatic heterocycles. The largest absolute Gasteiger partial charge is 0.355 e. The maximum Gasteiger partial charge on any atom is 0.244 e. The zero-order chi connectivity index (χ0) is 14.5. The van der Waals surface area contributed by atoms with Crippen LogP contribution in [-0.4, -0.2) is 48.1 Å². The van der Waals surface area contributed by atoms with Crippen molar-refractivity contribution < 1.29 is 4.79 Å². The lowest BCUT2D eigenvalue weighted by atomic mass is 10.1. The normalized spacial score (nSPS) is 19.2. The van der Waals surface area contributed by atoms with Crippen LogP contribution >= 0.6 is 0 Å². The van der Waals surface area contributed by atoms with Gasteiger partial charge in [0.05, 0.1) is 0 Å². The highest BCUT2D eigenvalue weighted by Gasteiger charge is 2.29. The minimum absolute atomic E-state index is 0.0457. The smallest absolute Gasteiger partial charge is 0.244 e. The molecule has 1 atom stereocenters. The molecule has 2 rings (SSSR count). The van der Waals surface area contributed by atoms with Gasteiger partial charge in [-0.2, -0.15) is 0 Å². The molecule has 6 heteroatoms. The summed E-state index contributed by atoms with van der Waals surface area (Å²) < 4.78 is 0. The number of rotatable bonds is 4. The number of carbonyl (C=O) groups is 1. The molecule has 1 amide bonds. The highest BCUT2D eigenvalue weighted by atomic mass is 16.2. The summed E-state index contributed by atoms with van der Waals surface area (Å²) >= 11 is 0. The van der Waals surface area contributed by atoms with Crippen molar-refractivity contribution in [3.05, 3.63) is 18.1 Å². The first-order chi connectivity index (χ1) is 9.63. The van der Waals surface area contributed by atoms with E-state index in [1.54, 1.807) is 6.33 Å². The summed E-state index contributed by atoms with van der Waals surface area (Å²) in [5, 5.41) is 6.15. The average molecular weight is 277 g/mol. The van der Waals surface area contributed by atoms with E-state index in [-0.39, 0.29) is 11.9 Å². The molecule has 1 aliphatic rings. The molecule has 0 radical (unpaired) electrons. The van der Waals surface area contributed by atoms with Crippen LogP contribution in [0.5, 0.6) is 0 Å². The van der Waals surface area contributed by atoms with Crippen LogP contribution in [0.25, 0.3) is 0 Å². The summed E-state index contributed by atoms with van der Waals surface area (Å²) in [6, 6.07) is 1.78. The summed E-state index contributed by atoms with van der Waals surface area (Å²) in [4.78, 5) is 22.9. The van der Waals surface area contributed by atoms with Gasteiger partial charge in [-0.1, -0.05) is 13.8 Å². The van der Waals surface area contributed by atoms with Gasteiger partial charge in [-0.25, -0.2) is 9.97 Å². The summed E-state index contributed by atoms with van der Waals surface area (Å²) in [6.45, 7) is 9.06. The number of nitrogens with zero attached hydrogens (tertiary/aromatic N) is 3. The van der Waals surface area contributed by atoms with Crippen LogP contribution in [0, 0.1) is 0 Å². The van der Waals surface area contributed by atoms with Gasteiger partial charge in [0.15, 0.2) is 0 Å². The van der Waals surface area contributed by atoms with Crippen molar-refractivity contribution in [1.29, 1.82) is 0 Å². The highest BCUT2D eigenvalue weighted by molar-refractivity contribution is 5.85. The minimum atomic E-state index is -0.210. The molecule has 0 spiro atoms. The van der Waals surface area contributed by atoms with Gasteiger partial charge in [-0.3, -0.25) is 4.79 Å². The Balaban J connectivity index is 2.23. The van der Waals surface area contributed by atoms with Crippen LogP contribution in [0.3, 0.4) is 0 Å². The maximum absolute atomic E-state index is 12.2. The van der Waals surface area contributed by atoms with E-state index in [0.29, 0.717) is 19.0 Å². The number of piperazine rings is 1. The Hall–Kier alpha value is -1.69. The van der Waals surface area contributed by atoms with Gasteiger partial charge in [-0.15, -0.1) is 0 Å². The lowest BCUT2D eigenvalue weighted by Gasteiger charge is -2.36. The van der Waals surface area contributed by atoms with Gasteiger partial charge < -0.3 is 15.5 Å². The Kier molecular flexibility index (Phi) is 4.89. The Labute approximate surface area is 120 Å². The highest BCUT2D eigenvalue weighted by Crippen LogP contribution is 2.19. The van der Waals surface area contributed by atoms with Crippen LogP contribution in [0.1, 0.15) is 32.4 Å². The van der Waals surface area contributed by atoms with Gasteiger partial charge in [0.2, 0.25) is 5.91 Å². The first-order valence-corrected chi connectivity index (χ1v) is 7.20. The molecule has 1 aromatic heterocycles. The van der Waals surface area contributed by atoms with Crippen molar-refractivity contribution in [2.24, 2.45) is 0 Å². The molecule has 2 N–H and O–H groups in total. The topological polar surface area (TPSA) is 70.2 Å². The number of nitrogens with one attached hydrogen (secondary N) is 2. The lowest BCUT2D eigenvalue weighted by Crippen LogP contribution is -2.58. The second kappa shape index (κ2) is 6.65. The quantitative estimate of drug-likeness (QED) is 0.839. The van der Waals surface area contributed by atoms with Crippen molar-refractivity contribution >= 4 is 11.7 Å². The van der Waals surface area contributed by atoms with Crippen molar-refractivity contribution in [2.75, 3.05) is 31.1 Å². The molecule has 110 valence electrons. The van der Waals surface area contributed by atoms with E-state index in [1.165, 1.54) is 0 Å². The number of amides is 1. The fourth-order valence-corrected chi connectivity index (χ4v) is 2.34. The second-order valence-corrected chi connectivity index (χ2v) is 5.26. The first kappa shape index (κ1) is 14.7. The van der Waals surface area contributed by atoms with E-state index in [1.807, 2.05) is 13.0 Å². The van der Waals surface area contributed by atoms with E-state index < -0.39 is 0 Å². The van der Waals surface area contributed by atoms with Crippen LogP contribution in [0.4, 0.5) is 5.82 Å². The van der Waals surface area contributed by atoms with Crippen molar-refractivity contribution in [3.63, 3.8) is 0 Å². The third-order valence-corrected chi connectivity index (χ3v) is 3.46. The summed E-state index contributed by atoms with van der Waals surface area (Å²) in [5.74, 6) is 1.23. The molecular formula is C14H23N5O. The number of carbonyl (C=O) groups excluding carboxylic acids is 1. The Morgan fingerprint density at radius 1 is 1.55 bits per heavy atom. The summed E-state index contributed by atoms with van der Waals surface area (Å²) in [7, 11) is 0. The monoisotopic (exact) mass is 277 g/mol. The molecule has 0 aliphatic carbocycles. The van der Waals surface area contributed by atoms with Gasteiger partial charge >= 0.3 is 0 Å².